The second-order valence-corrected chi connectivity index (χ2v) is 3.39. The molecule has 0 aliphatic carbocycles. The predicted molar refractivity (Wildman–Crippen MR) is 49.4 cm³/mol. The first kappa shape index (κ1) is 10.1. The van der Waals surface area contributed by atoms with Gasteiger partial charge >= 0.3 is 6.01 Å². The van der Waals surface area contributed by atoms with Gasteiger partial charge in [0.15, 0.2) is 0 Å². The van der Waals surface area contributed by atoms with E-state index in [1.54, 1.807) is 6.92 Å². The van der Waals surface area contributed by atoms with E-state index in [2.05, 4.69) is 17.6 Å². The quantitative estimate of drug-likeness (QED) is 0.691. The molecule has 1 nitrogen and oxygen atoms in total. The lowest BCUT2D eigenvalue weighted by Crippen LogP contribution is -1.78. The van der Waals surface area contributed by atoms with Gasteiger partial charge in [-0.05, 0) is 17.9 Å². The van der Waals surface area contributed by atoms with E-state index in [0.29, 0.717) is 5.57 Å². The van der Waals surface area contributed by atoms with E-state index in [1.165, 1.54) is 5.41 Å². The standard InChI is InChI=1S/C9H8F2OS/c1-4-13-8-6(10)9(11)12-7(8)5(2)3/h4H,1-2H2,3H3. The van der Waals surface area contributed by atoms with Gasteiger partial charge in [-0.3, -0.25) is 0 Å². The lowest BCUT2D eigenvalue weighted by Gasteiger charge is -1.95. The molecular weight excluding hydrogens is 194 g/mol. The first-order chi connectivity index (χ1) is 6.07. The zero-order valence-corrected chi connectivity index (χ0v) is 7.88. The predicted octanol–water partition coefficient (Wildman–Crippen LogP) is 3.83. The summed E-state index contributed by atoms with van der Waals surface area (Å²) in [6.45, 7) is 8.57. The van der Waals surface area contributed by atoms with Gasteiger partial charge in [0.25, 0.3) is 0 Å². The third-order valence-corrected chi connectivity index (χ3v) is 2.13. The molecule has 13 heavy (non-hydrogen) atoms. The minimum absolute atomic E-state index is 0.0972. The lowest BCUT2D eigenvalue weighted by molar-refractivity contribution is 0.322. The Balaban J connectivity index is 3.25. The molecule has 0 aliphatic heterocycles. The van der Waals surface area contributed by atoms with Crippen molar-refractivity contribution in [2.24, 2.45) is 0 Å². The number of hydrogen-bond acceptors (Lipinski definition) is 2. The van der Waals surface area contributed by atoms with E-state index in [9.17, 15) is 8.78 Å². The molecule has 1 aromatic heterocycles. The summed E-state index contributed by atoms with van der Waals surface area (Å²) in [4.78, 5) is 0.0972. The number of thioether (sulfide) groups is 1. The molecule has 0 atom stereocenters. The molecule has 0 amide bonds. The van der Waals surface area contributed by atoms with Crippen molar-refractivity contribution in [1.82, 2.24) is 0 Å². The number of allylic oxidation sites excluding steroid dienone is 1. The van der Waals surface area contributed by atoms with Crippen LogP contribution in [-0.4, -0.2) is 0 Å². The summed E-state index contributed by atoms with van der Waals surface area (Å²) in [7, 11) is 0. The Labute approximate surface area is 79.1 Å². The average Bonchev–Trinajstić information content (AvgIpc) is 2.33. The molecule has 0 spiro atoms. The van der Waals surface area contributed by atoms with Crippen molar-refractivity contribution in [2.75, 3.05) is 0 Å². The number of halogens is 2. The van der Waals surface area contributed by atoms with E-state index in [-0.39, 0.29) is 10.7 Å². The molecule has 1 heterocycles. The Kier molecular flexibility index (Phi) is 2.93. The van der Waals surface area contributed by atoms with Crippen LogP contribution in [-0.2, 0) is 0 Å². The van der Waals surface area contributed by atoms with Gasteiger partial charge in [0.05, 0.1) is 4.90 Å². The van der Waals surface area contributed by atoms with Crippen LogP contribution in [0.3, 0.4) is 0 Å². The van der Waals surface area contributed by atoms with Crippen LogP contribution in [0, 0.1) is 11.8 Å². The summed E-state index contributed by atoms with van der Waals surface area (Å²) in [6, 6.07) is -1.21. The highest BCUT2D eigenvalue weighted by molar-refractivity contribution is 8.02. The second-order valence-electron chi connectivity index (χ2n) is 2.41. The Bertz CT molecular complexity index is 355. The SMILES string of the molecule is C=CSc1c(C(=C)C)oc(F)c1F. The minimum Gasteiger partial charge on any atom is -0.428 e. The summed E-state index contributed by atoms with van der Waals surface area (Å²) in [5, 5.41) is 1.40. The number of hydrogen-bond donors (Lipinski definition) is 0. The number of furan rings is 1. The van der Waals surface area contributed by atoms with Gasteiger partial charge in [-0.1, -0.05) is 24.9 Å². The maximum Gasteiger partial charge on any atom is 0.316 e. The van der Waals surface area contributed by atoms with Gasteiger partial charge in [-0.25, -0.2) is 0 Å². The maximum absolute atomic E-state index is 13.0. The van der Waals surface area contributed by atoms with Gasteiger partial charge < -0.3 is 4.42 Å². The summed E-state index contributed by atoms with van der Waals surface area (Å²) in [5.41, 5.74) is 0.479. The Morgan fingerprint density at radius 3 is 2.62 bits per heavy atom. The summed E-state index contributed by atoms with van der Waals surface area (Å²) >= 11 is 0.972. The largest absolute Gasteiger partial charge is 0.428 e. The van der Waals surface area contributed by atoms with Crippen molar-refractivity contribution in [3.63, 3.8) is 0 Å². The highest BCUT2D eigenvalue weighted by atomic mass is 32.2. The lowest BCUT2D eigenvalue weighted by atomic mass is 10.3. The molecule has 0 radical (unpaired) electrons. The van der Waals surface area contributed by atoms with Gasteiger partial charge in [-0.2, -0.15) is 8.78 Å². The van der Waals surface area contributed by atoms with Crippen molar-refractivity contribution >= 4 is 17.3 Å². The summed E-state index contributed by atoms with van der Waals surface area (Å²) < 4.78 is 30.2. The molecule has 4 heteroatoms. The molecule has 0 fully saturated rings. The van der Waals surface area contributed by atoms with Crippen molar-refractivity contribution in [3.05, 3.63) is 36.2 Å². The van der Waals surface area contributed by atoms with Crippen molar-refractivity contribution in [2.45, 2.75) is 11.8 Å². The zero-order valence-electron chi connectivity index (χ0n) is 7.06. The normalized spacial score (nSPS) is 10.1. The molecular formula is C9H8F2OS. The molecule has 1 aromatic rings. The molecule has 0 aromatic carbocycles. The van der Waals surface area contributed by atoms with Crippen LogP contribution in [0.2, 0.25) is 0 Å². The molecule has 0 saturated heterocycles. The van der Waals surface area contributed by atoms with E-state index in [1.807, 2.05) is 0 Å². The van der Waals surface area contributed by atoms with Crippen LogP contribution >= 0.6 is 11.8 Å². The Morgan fingerprint density at radius 2 is 2.15 bits per heavy atom. The Hall–Kier alpha value is -1.03. The monoisotopic (exact) mass is 202 g/mol. The molecule has 0 unspecified atom stereocenters. The third-order valence-electron chi connectivity index (χ3n) is 1.36. The highest BCUT2D eigenvalue weighted by Crippen LogP contribution is 2.33. The van der Waals surface area contributed by atoms with Crippen LogP contribution in [0.25, 0.3) is 5.57 Å². The maximum atomic E-state index is 13.0. The van der Waals surface area contributed by atoms with Crippen LogP contribution in [0.5, 0.6) is 0 Å². The third kappa shape index (κ3) is 1.83. The zero-order chi connectivity index (χ0) is 10.0. The van der Waals surface area contributed by atoms with E-state index in [0.717, 1.165) is 11.8 Å². The van der Waals surface area contributed by atoms with Crippen LogP contribution in [0.4, 0.5) is 8.78 Å². The summed E-state index contributed by atoms with van der Waals surface area (Å²) in [5.74, 6) is -0.845. The molecule has 0 N–H and O–H groups in total. The molecule has 0 aliphatic rings. The molecule has 70 valence electrons. The van der Waals surface area contributed by atoms with E-state index >= 15 is 0 Å². The van der Waals surface area contributed by atoms with Crippen LogP contribution in [0.1, 0.15) is 12.7 Å². The Morgan fingerprint density at radius 1 is 1.54 bits per heavy atom. The van der Waals surface area contributed by atoms with Gasteiger partial charge in [0.2, 0.25) is 5.82 Å². The fraction of sp³-hybridized carbons (Fsp3) is 0.111. The molecule has 1 rings (SSSR count). The van der Waals surface area contributed by atoms with E-state index < -0.39 is 11.8 Å². The first-order valence-corrected chi connectivity index (χ1v) is 4.37. The molecule has 0 saturated carbocycles. The van der Waals surface area contributed by atoms with Crippen LogP contribution < -0.4 is 0 Å². The highest BCUT2D eigenvalue weighted by Gasteiger charge is 2.20. The second kappa shape index (κ2) is 3.79. The van der Waals surface area contributed by atoms with Gasteiger partial charge in [-0.15, -0.1) is 0 Å². The van der Waals surface area contributed by atoms with Crippen LogP contribution in [0.15, 0.2) is 27.9 Å². The molecule has 0 bridgehead atoms. The topological polar surface area (TPSA) is 13.1 Å². The number of rotatable bonds is 3. The van der Waals surface area contributed by atoms with Gasteiger partial charge in [0.1, 0.15) is 5.76 Å². The van der Waals surface area contributed by atoms with Gasteiger partial charge in [0, 0.05) is 0 Å². The van der Waals surface area contributed by atoms with Crippen molar-refractivity contribution < 1.29 is 13.2 Å². The minimum atomic E-state index is -1.21. The van der Waals surface area contributed by atoms with E-state index in [4.69, 9.17) is 0 Å². The van der Waals surface area contributed by atoms with Crippen molar-refractivity contribution in [3.8, 4) is 0 Å². The average molecular weight is 202 g/mol. The van der Waals surface area contributed by atoms with Crippen molar-refractivity contribution in [1.29, 1.82) is 0 Å². The fourth-order valence-corrected chi connectivity index (χ4v) is 1.51. The summed E-state index contributed by atoms with van der Waals surface area (Å²) in [6.07, 6.45) is 0. The fourth-order valence-electron chi connectivity index (χ4n) is 0.839. The smallest absolute Gasteiger partial charge is 0.316 e. The first-order valence-electron chi connectivity index (χ1n) is 3.49.